The van der Waals surface area contributed by atoms with Gasteiger partial charge in [-0.25, -0.2) is 0 Å². The number of unbranched alkanes of at least 4 members (excludes halogenated alkanes) is 1. The van der Waals surface area contributed by atoms with Crippen molar-refractivity contribution in [2.24, 2.45) is 10.8 Å². The van der Waals surface area contributed by atoms with Crippen molar-refractivity contribution in [3.05, 3.63) is 138 Å². The Bertz CT molecular complexity index is 1290. The summed E-state index contributed by atoms with van der Waals surface area (Å²) in [5.41, 5.74) is 5.82. The van der Waals surface area contributed by atoms with E-state index < -0.39 is 0 Å². The first-order chi connectivity index (χ1) is 20.2. The third-order valence-corrected chi connectivity index (χ3v) is 10.6. The molecule has 1 nitrogen and oxygen atoms in total. The quantitative estimate of drug-likeness (QED) is 0.130. The Morgan fingerprint density at radius 2 is 1.14 bits per heavy atom. The first-order valence-corrected chi connectivity index (χ1v) is 16.6. The first-order valence-electron chi connectivity index (χ1n) is 15.7. The molecule has 4 rings (SSSR count). The Hall–Kier alpha value is -2.97. The molecule has 4 aromatic carbocycles. The lowest BCUT2D eigenvalue weighted by Crippen LogP contribution is -2.30. The summed E-state index contributed by atoms with van der Waals surface area (Å²) in [5.74, 6) is 2.42. The van der Waals surface area contributed by atoms with Crippen LogP contribution in [-0.2, 0) is 4.75 Å². The van der Waals surface area contributed by atoms with Gasteiger partial charge in [0, 0.05) is 0 Å². The zero-order valence-corrected chi connectivity index (χ0v) is 27.4. The van der Waals surface area contributed by atoms with E-state index in [1.807, 2.05) is 0 Å². The van der Waals surface area contributed by atoms with Crippen LogP contribution in [0.25, 0.3) is 0 Å². The second kappa shape index (κ2) is 14.5. The Kier molecular flexibility index (Phi) is 11.0. The van der Waals surface area contributed by atoms with Crippen molar-refractivity contribution in [2.45, 2.75) is 77.4 Å². The van der Waals surface area contributed by atoms with Crippen molar-refractivity contribution in [3.63, 3.8) is 0 Å². The van der Waals surface area contributed by atoms with Crippen LogP contribution in [0.4, 0.5) is 0 Å². The van der Waals surface area contributed by atoms with Gasteiger partial charge in [-0.05, 0) is 76.1 Å². The van der Waals surface area contributed by atoms with Crippen molar-refractivity contribution in [2.75, 3.05) is 12.9 Å². The van der Waals surface area contributed by atoms with E-state index in [2.05, 4.69) is 162 Å². The summed E-state index contributed by atoms with van der Waals surface area (Å²) in [6.45, 7) is 12.3. The van der Waals surface area contributed by atoms with E-state index in [4.69, 9.17) is 4.74 Å². The summed E-state index contributed by atoms with van der Waals surface area (Å²) in [6.07, 6.45) is 6.16. The fraction of sp³-hybridized carbons (Fsp3) is 0.400. The third-order valence-electron chi connectivity index (χ3n) is 9.03. The molecule has 0 saturated carbocycles. The van der Waals surface area contributed by atoms with Crippen molar-refractivity contribution >= 4 is 11.8 Å². The van der Waals surface area contributed by atoms with Gasteiger partial charge in [0.1, 0.15) is 5.75 Å². The zero-order valence-electron chi connectivity index (χ0n) is 26.6. The fourth-order valence-electron chi connectivity index (χ4n) is 6.40. The van der Waals surface area contributed by atoms with Crippen molar-refractivity contribution in [1.29, 1.82) is 0 Å². The van der Waals surface area contributed by atoms with Gasteiger partial charge < -0.3 is 4.74 Å². The molecule has 0 aliphatic heterocycles. The van der Waals surface area contributed by atoms with E-state index in [1.54, 1.807) is 7.11 Å². The van der Waals surface area contributed by atoms with Crippen LogP contribution in [0.15, 0.2) is 115 Å². The number of hydrogen-bond acceptors (Lipinski definition) is 2. The molecule has 0 spiro atoms. The minimum Gasteiger partial charge on any atom is -0.497 e. The summed E-state index contributed by atoms with van der Waals surface area (Å²) in [5, 5.41) is 0. The lowest BCUT2D eigenvalue weighted by atomic mass is 9.65. The monoisotopic (exact) mass is 578 g/mol. The van der Waals surface area contributed by atoms with E-state index in [1.165, 1.54) is 47.9 Å². The lowest BCUT2D eigenvalue weighted by molar-refractivity contribution is 0.182. The Labute approximate surface area is 260 Å². The third kappa shape index (κ3) is 7.70. The van der Waals surface area contributed by atoms with E-state index >= 15 is 0 Å². The molecule has 0 heterocycles. The maximum atomic E-state index is 5.54. The van der Waals surface area contributed by atoms with Crippen LogP contribution in [0.3, 0.4) is 0 Å². The van der Waals surface area contributed by atoms with Gasteiger partial charge >= 0.3 is 0 Å². The molecule has 0 radical (unpaired) electrons. The molecule has 0 aromatic heterocycles. The predicted octanol–water partition coefficient (Wildman–Crippen LogP) is 11.5. The second-order valence-corrected chi connectivity index (χ2v) is 14.5. The highest BCUT2D eigenvalue weighted by Gasteiger charge is 2.39. The number of hydrogen-bond donors (Lipinski definition) is 0. The normalized spacial score (nSPS) is 13.1. The van der Waals surface area contributed by atoms with Crippen LogP contribution in [0.1, 0.15) is 94.9 Å². The van der Waals surface area contributed by atoms with Gasteiger partial charge in [-0.3, -0.25) is 0 Å². The SMILES string of the molecule is CCCCC(C)(C)CC(c1ccccc1)C(C)(C)CCSC(c1ccccc1)(c1ccccc1)c1ccc(OC)cc1. The number of rotatable bonds is 15. The van der Waals surface area contributed by atoms with Gasteiger partial charge in [-0.2, -0.15) is 0 Å². The van der Waals surface area contributed by atoms with Crippen molar-refractivity contribution in [1.82, 2.24) is 0 Å². The molecule has 42 heavy (non-hydrogen) atoms. The standard InChI is InChI=1S/C40H50OS/c1-7-8-28-38(2,3)31-37(32-18-12-9-13-19-32)39(4,5)29-30-42-40(33-20-14-10-15-21-33,34-22-16-11-17-23-34)35-24-26-36(41-6)27-25-35/h9-27,37H,7-8,28-31H2,1-6H3. The number of methoxy groups -OCH3 is 1. The van der Waals surface area contributed by atoms with Crippen LogP contribution in [0, 0.1) is 10.8 Å². The van der Waals surface area contributed by atoms with Crippen LogP contribution in [0.5, 0.6) is 5.75 Å². The minimum atomic E-state index is -0.326. The summed E-state index contributed by atoms with van der Waals surface area (Å²) in [4.78, 5) is 0. The maximum absolute atomic E-state index is 5.54. The topological polar surface area (TPSA) is 9.23 Å². The van der Waals surface area contributed by atoms with Crippen LogP contribution in [-0.4, -0.2) is 12.9 Å². The molecule has 0 aliphatic rings. The minimum absolute atomic E-state index is 0.136. The average molecular weight is 579 g/mol. The van der Waals surface area contributed by atoms with Crippen LogP contribution < -0.4 is 4.74 Å². The van der Waals surface area contributed by atoms with E-state index in [0.29, 0.717) is 11.3 Å². The molecule has 1 atom stereocenters. The Balaban J connectivity index is 1.70. The Morgan fingerprint density at radius 3 is 1.64 bits per heavy atom. The van der Waals surface area contributed by atoms with Gasteiger partial charge in [-0.1, -0.05) is 151 Å². The smallest absolute Gasteiger partial charge is 0.118 e. The molecule has 222 valence electrons. The molecule has 2 heteroatoms. The Morgan fingerprint density at radius 1 is 0.643 bits per heavy atom. The molecule has 0 saturated heterocycles. The second-order valence-electron chi connectivity index (χ2n) is 13.2. The summed E-state index contributed by atoms with van der Waals surface area (Å²) < 4.78 is 5.22. The average Bonchev–Trinajstić information content (AvgIpc) is 3.02. The highest BCUT2D eigenvalue weighted by Crippen LogP contribution is 2.52. The molecule has 0 amide bonds. The molecule has 1 unspecified atom stereocenters. The molecular weight excluding hydrogens is 529 g/mol. The van der Waals surface area contributed by atoms with E-state index in [0.717, 1.165) is 17.9 Å². The van der Waals surface area contributed by atoms with Crippen molar-refractivity contribution in [3.8, 4) is 5.75 Å². The van der Waals surface area contributed by atoms with Gasteiger partial charge in [0.2, 0.25) is 0 Å². The van der Waals surface area contributed by atoms with Crippen LogP contribution in [0.2, 0.25) is 0 Å². The lowest BCUT2D eigenvalue weighted by Gasteiger charge is -2.41. The highest BCUT2D eigenvalue weighted by atomic mass is 32.2. The molecule has 0 bridgehead atoms. The predicted molar refractivity (Wildman–Crippen MR) is 184 cm³/mol. The molecule has 0 aliphatic carbocycles. The van der Waals surface area contributed by atoms with E-state index in [-0.39, 0.29) is 10.2 Å². The van der Waals surface area contributed by atoms with Gasteiger partial charge in [0.15, 0.2) is 0 Å². The zero-order chi connectivity index (χ0) is 30.1. The fourth-order valence-corrected chi connectivity index (χ4v) is 8.25. The van der Waals surface area contributed by atoms with Gasteiger partial charge in [0.25, 0.3) is 0 Å². The number of ether oxygens (including phenoxy) is 1. The summed E-state index contributed by atoms with van der Waals surface area (Å²) in [6, 6.07) is 42.1. The summed E-state index contributed by atoms with van der Waals surface area (Å²) >= 11 is 2.07. The highest BCUT2D eigenvalue weighted by molar-refractivity contribution is 8.00. The first kappa shape index (κ1) is 32.0. The van der Waals surface area contributed by atoms with Gasteiger partial charge in [-0.15, -0.1) is 11.8 Å². The number of thioether (sulfide) groups is 1. The van der Waals surface area contributed by atoms with Gasteiger partial charge in [0.05, 0.1) is 11.9 Å². The molecular formula is C40H50OS. The van der Waals surface area contributed by atoms with Crippen molar-refractivity contribution < 1.29 is 4.74 Å². The van der Waals surface area contributed by atoms with E-state index in [9.17, 15) is 0 Å². The molecule has 0 N–H and O–H groups in total. The molecule has 0 fully saturated rings. The maximum Gasteiger partial charge on any atom is 0.118 e. The largest absolute Gasteiger partial charge is 0.497 e. The summed E-state index contributed by atoms with van der Waals surface area (Å²) in [7, 11) is 1.74. The van der Waals surface area contributed by atoms with Crippen LogP contribution >= 0.6 is 11.8 Å². The number of benzene rings is 4. The molecule has 4 aromatic rings.